The van der Waals surface area contributed by atoms with Crippen molar-refractivity contribution in [1.29, 1.82) is 0 Å². The van der Waals surface area contributed by atoms with Crippen LogP contribution in [0.5, 0.6) is 0 Å². The van der Waals surface area contributed by atoms with Crippen LogP contribution in [-0.2, 0) is 9.53 Å². The second kappa shape index (κ2) is 6.28. The Morgan fingerprint density at radius 1 is 1.22 bits per heavy atom. The quantitative estimate of drug-likeness (QED) is 0.599. The number of hydrogen-bond acceptors (Lipinski definition) is 5. The maximum atomic E-state index is 11.1. The molecule has 1 aromatic carbocycles. The number of aliphatic hydroxyl groups excluding tert-OH is 2. The summed E-state index contributed by atoms with van der Waals surface area (Å²) in [4.78, 5) is 22.0. The van der Waals surface area contributed by atoms with E-state index < -0.39 is 18.2 Å². The van der Waals surface area contributed by atoms with Crippen LogP contribution < -0.4 is 0 Å². The molecular weight excluding hydrogens is 236 g/mol. The van der Waals surface area contributed by atoms with E-state index in [0.29, 0.717) is 11.1 Å². The Morgan fingerprint density at radius 2 is 1.78 bits per heavy atom. The van der Waals surface area contributed by atoms with Gasteiger partial charge in [0.2, 0.25) is 0 Å². The summed E-state index contributed by atoms with van der Waals surface area (Å²) in [5.41, 5.74) is 0.963. The van der Waals surface area contributed by atoms with Crippen molar-refractivity contribution < 1.29 is 24.5 Å². The van der Waals surface area contributed by atoms with Gasteiger partial charge in [0.1, 0.15) is 6.10 Å². The molecule has 0 aliphatic rings. The zero-order valence-corrected chi connectivity index (χ0v) is 10.3. The summed E-state index contributed by atoms with van der Waals surface area (Å²) >= 11 is 0. The number of hydrogen-bond donors (Lipinski definition) is 2. The fourth-order valence-corrected chi connectivity index (χ4v) is 1.50. The Labute approximate surface area is 105 Å². The van der Waals surface area contributed by atoms with Crippen molar-refractivity contribution in [2.24, 2.45) is 0 Å². The summed E-state index contributed by atoms with van der Waals surface area (Å²) in [6, 6.07) is 6.21. The van der Waals surface area contributed by atoms with E-state index in [4.69, 9.17) is 0 Å². The molecule has 0 saturated carbocycles. The van der Waals surface area contributed by atoms with Gasteiger partial charge in [0.15, 0.2) is 5.78 Å². The first-order valence-corrected chi connectivity index (χ1v) is 5.49. The highest BCUT2D eigenvalue weighted by Crippen LogP contribution is 2.20. The van der Waals surface area contributed by atoms with Gasteiger partial charge in [0.05, 0.1) is 19.6 Å². The summed E-state index contributed by atoms with van der Waals surface area (Å²) in [6.45, 7) is 1.44. The number of ether oxygens (including phenoxy) is 1. The molecule has 2 atom stereocenters. The van der Waals surface area contributed by atoms with Gasteiger partial charge in [0, 0.05) is 5.56 Å². The fraction of sp³-hybridized carbons (Fsp3) is 0.385. The van der Waals surface area contributed by atoms with Crippen molar-refractivity contribution in [3.8, 4) is 0 Å². The van der Waals surface area contributed by atoms with Crippen molar-refractivity contribution in [1.82, 2.24) is 0 Å². The fourth-order valence-electron chi connectivity index (χ4n) is 1.50. The summed E-state index contributed by atoms with van der Waals surface area (Å²) in [6.07, 6.45) is -2.71. The molecule has 0 saturated heterocycles. The zero-order valence-electron chi connectivity index (χ0n) is 10.3. The van der Waals surface area contributed by atoms with Gasteiger partial charge in [-0.3, -0.25) is 9.59 Å². The molecule has 1 aromatic rings. The highest BCUT2D eigenvalue weighted by molar-refractivity contribution is 5.94. The first-order valence-electron chi connectivity index (χ1n) is 5.49. The van der Waals surface area contributed by atoms with Gasteiger partial charge in [-0.1, -0.05) is 24.3 Å². The second-order valence-electron chi connectivity index (χ2n) is 3.97. The number of carbonyl (C=O) groups is 2. The molecule has 2 unspecified atom stereocenters. The molecule has 0 radical (unpaired) electrons. The molecular formula is C13H16O5. The Kier molecular flexibility index (Phi) is 5.00. The van der Waals surface area contributed by atoms with Crippen LogP contribution in [-0.4, -0.2) is 35.2 Å². The maximum Gasteiger partial charge on any atom is 0.308 e. The number of esters is 1. The minimum absolute atomic E-state index is 0.0776. The molecule has 5 heteroatoms. The van der Waals surface area contributed by atoms with Crippen LogP contribution in [0.15, 0.2) is 24.3 Å². The van der Waals surface area contributed by atoms with Gasteiger partial charge in [0.25, 0.3) is 0 Å². The summed E-state index contributed by atoms with van der Waals surface area (Å²) < 4.78 is 4.40. The molecule has 98 valence electrons. The van der Waals surface area contributed by atoms with Gasteiger partial charge in [-0.2, -0.15) is 0 Å². The van der Waals surface area contributed by atoms with Crippen LogP contribution in [0.3, 0.4) is 0 Å². The van der Waals surface area contributed by atoms with E-state index in [-0.39, 0.29) is 12.2 Å². The lowest BCUT2D eigenvalue weighted by Crippen LogP contribution is -2.22. The predicted octanol–water partition coefficient (Wildman–Crippen LogP) is 0.847. The van der Waals surface area contributed by atoms with Gasteiger partial charge in [-0.25, -0.2) is 0 Å². The molecule has 0 heterocycles. The van der Waals surface area contributed by atoms with Crippen LogP contribution in [0, 0.1) is 0 Å². The minimum Gasteiger partial charge on any atom is -0.469 e. The first-order chi connectivity index (χ1) is 8.45. The molecule has 0 amide bonds. The number of rotatable bonds is 5. The normalized spacial score (nSPS) is 13.8. The van der Waals surface area contributed by atoms with Crippen LogP contribution >= 0.6 is 0 Å². The molecule has 5 nitrogen and oxygen atoms in total. The molecule has 18 heavy (non-hydrogen) atoms. The average molecular weight is 252 g/mol. The number of aliphatic hydroxyl groups is 2. The third kappa shape index (κ3) is 3.65. The third-order valence-corrected chi connectivity index (χ3v) is 2.63. The summed E-state index contributed by atoms with van der Waals surface area (Å²) in [7, 11) is 1.21. The number of benzene rings is 1. The summed E-state index contributed by atoms with van der Waals surface area (Å²) in [5, 5.41) is 19.5. The van der Waals surface area contributed by atoms with Crippen molar-refractivity contribution in [2.75, 3.05) is 7.11 Å². The van der Waals surface area contributed by atoms with E-state index in [0.717, 1.165) is 0 Å². The van der Waals surface area contributed by atoms with E-state index >= 15 is 0 Å². The van der Waals surface area contributed by atoms with E-state index in [9.17, 15) is 19.8 Å². The molecule has 0 aromatic heterocycles. The highest BCUT2D eigenvalue weighted by atomic mass is 16.5. The van der Waals surface area contributed by atoms with E-state index in [2.05, 4.69) is 4.74 Å². The largest absolute Gasteiger partial charge is 0.469 e. The Bertz CT molecular complexity index is 424. The van der Waals surface area contributed by atoms with Gasteiger partial charge < -0.3 is 14.9 Å². The average Bonchev–Trinajstić information content (AvgIpc) is 2.37. The second-order valence-corrected chi connectivity index (χ2v) is 3.97. The molecule has 0 aliphatic heterocycles. The van der Waals surface area contributed by atoms with Crippen molar-refractivity contribution in [3.63, 3.8) is 0 Å². The van der Waals surface area contributed by atoms with E-state index in [1.54, 1.807) is 24.3 Å². The predicted molar refractivity (Wildman–Crippen MR) is 64.0 cm³/mol. The number of Topliss-reactive ketones (excluding diaryl/α,β-unsaturated/α-hetero) is 1. The third-order valence-electron chi connectivity index (χ3n) is 2.63. The molecule has 1 rings (SSSR count). The number of methoxy groups -OCH3 is 1. The van der Waals surface area contributed by atoms with Crippen molar-refractivity contribution in [3.05, 3.63) is 35.4 Å². The molecule has 0 spiro atoms. The van der Waals surface area contributed by atoms with Crippen LogP contribution in [0.1, 0.15) is 35.4 Å². The van der Waals surface area contributed by atoms with Crippen molar-refractivity contribution in [2.45, 2.75) is 25.6 Å². The van der Waals surface area contributed by atoms with Crippen LogP contribution in [0.2, 0.25) is 0 Å². The highest BCUT2D eigenvalue weighted by Gasteiger charge is 2.21. The number of ketones is 1. The van der Waals surface area contributed by atoms with Crippen LogP contribution in [0.4, 0.5) is 0 Å². The number of carbonyl (C=O) groups excluding carboxylic acids is 2. The molecule has 0 fully saturated rings. The first kappa shape index (κ1) is 14.3. The topological polar surface area (TPSA) is 83.8 Å². The maximum absolute atomic E-state index is 11.1. The summed E-state index contributed by atoms with van der Waals surface area (Å²) in [5.74, 6) is -0.673. The molecule has 0 bridgehead atoms. The van der Waals surface area contributed by atoms with Gasteiger partial charge in [-0.15, -0.1) is 0 Å². The molecule has 2 N–H and O–H groups in total. The van der Waals surface area contributed by atoms with Gasteiger partial charge in [-0.05, 0) is 12.5 Å². The SMILES string of the molecule is COC(=O)CC(O)C(O)c1ccc(C(C)=O)cc1. The lowest BCUT2D eigenvalue weighted by molar-refractivity contribution is -0.144. The monoisotopic (exact) mass is 252 g/mol. The van der Waals surface area contributed by atoms with E-state index in [1.165, 1.54) is 14.0 Å². The zero-order chi connectivity index (χ0) is 13.7. The Morgan fingerprint density at radius 3 is 2.22 bits per heavy atom. The minimum atomic E-state index is -1.24. The smallest absolute Gasteiger partial charge is 0.308 e. The van der Waals surface area contributed by atoms with Crippen LogP contribution in [0.25, 0.3) is 0 Å². The van der Waals surface area contributed by atoms with Crippen molar-refractivity contribution >= 4 is 11.8 Å². The standard InChI is InChI=1S/C13H16O5/c1-8(14)9-3-5-10(6-4-9)13(17)11(15)7-12(16)18-2/h3-6,11,13,15,17H,7H2,1-2H3. The lowest BCUT2D eigenvalue weighted by atomic mass is 10.00. The van der Waals surface area contributed by atoms with Gasteiger partial charge >= 0.3 is 5.97 Å². The van der Waals surface area contributed by atoms with E-state index in [1.807, 2.05) is 0 Å². The molecule has 0 aliphatic carbocycles. The lowest BCUT2D eigenvalue weighted by Gasteiger charge is -2.17. The Hall–Kier alpha value is -1.72. The Balaban J connectivity index is 2.74.